The van der Waals surface area contributed by atoms with Gasteiger partial charge in [-0.2, -0.15) is 0 Å². The Bertz CT molecular complexity index is 1120. The number of aromatic hydroxyl groups is 1. The van der Waals surface area contributed by atoms with Crippen molar-refractivity contribution in [2.24, 2.45) is 11.6 Å². The number of thiophene rings is 1. The quantitative estimate of drug-likeness (QED) is 0.145. The maximum Gasteiger partial charge on any atom is 0.267 e. The summed E-state index contributed by atoms with van der Waals surface area (Å²) in [5.74, 6) is 5.38. The van der Waals surface area contributed by atoms with Crippen LogP contribution in [-0.2, 0) is 22.2 Å². The van der Waals surface area contributed by atoms with Crippen LogP contribution in [0.1, 0.15) is 5.56 Å². The molecule has 9 nitrogen and oxygen atoms in total. The number of nitrogens with one attached hydrogen (secondary N) is 2. The van der Waals surface area contributed by atoms with Crippen molar-refractivity contribution in [3.05, 3.63) is 84.2 Å². The SMILES string of the molecule is N/C(=C\N(N)[C@H](Cc1ccc(O)cc1)C(=O)NO)CNS(=O)c1ccc(-c2ccccc2)s1. The first-order valence-electron chi connectivity index (χ1n) is 9.89. The topological polar surface area (TPSA) is 154 Å². The number of carbonyl (C=O) groups is 1. The zero-order valence-electron chi connectivity index (χ0n) is 17.5. The molecule has 174 valence electrons. The van der Waals surface area contributed by atoms with Crippen molar-refractivity contribution in [1.82, 2.24) is 15.2 Å². The van der Waals surface area contributed by atoms with E-state index >= 15 is 0 Å². The van der Waals surface area contributed by atoms with Crippen molar-refractivity contribution in [1.29, 1.82) is 0 Å². The van der Waals surface area contributed by atoms with Gasteiger partial charge in [-0.15, -0.1) is 11.3 Å². The van der Waals surface area contributed by atoms with E-state index < -0.39 is 22.9 Å². The number of hydroxylamine groups is 1. The van der Waals surface area contributed by atoms with Gasteiger partial charge in [-0.1, -0.05) is 42.5 Å². The standard InChI is InChI=1S/C22H25N5O4S2/c23-17(13-25-33(31)21-11-10-20(32-21)16-4-2-1-3-5-16)14-27(24)19(22(29)26-30)12-15-6-8-18(28)9-7-15/h1-11,14,19,25,28,30H,12-13,23-24H2,(H,26,29)/b17-14-/t19-,33?/m1/s1. The summed E-state index contributed by atoms with van der Waals surface area (Å²) < 4.78 is 16.1. The molecule has 1 unspecified atom stereocenters. The number of amides is 1. The predicted molar refractivity (Wildman–Crippen MR) is 128 cm³/mol. The number of phenols is 1. The fourth-order valence-electron chi connectivity index (χ4n) is 2.99. The van der Waals surface area contributed by atoms with Gasteiger partial charge >= 0.3 is 0 Å². The lowest BCUT2D eigenvalue weighted by Gasteiger charge is -2.25. The highest BCUT2D eigenvalue weighted by molar-refractivity contribution is 7.85. The van der Waals surface area contributed by atoms with E-state index in [2.05, 4.69) is 4.72 Å². The molecule has 33 heavy (non-hydrogen) atoms. The average molecular weight is 488 g/mol. The van der Waals surface area contributed by atoms with Crippen molar-refractivity contribution in [2.75, 3.05) is 6.54 Å². The van der Waals surface area contributed by atoms with Crippen molar-refractivity contribution in [2.45, 2.75) is 16.7 Å². The first-order chi connectivity index (χ1) is 15.9. The molecule has 2 atom stereocenters. The van der Waals surface area contributed by atoms with E-state index in [4.69, 9.17) is 16.8 Å². The van der Waals surface area contributed by atoms with Crippen LogP contribution in [0.3, 0.4) is 0 Å². The molecule has 0 fully saturated rings. The Kier molecular flexibility index (Phi) is 8.58. The van der Waals surface area contributed by atoms with E-state index in [9.17, 15) is 14.1 Å². The summed E-state index contributed by atoms with van der Waals surface area (Å²) in [7, 11) is -1.48. The Morgan fingerprint density at radius 1 is 1.12 bits per heavy atom. The molecule has 2 aromatic carbocycles. The van der Waals surface area contributed by atoms with Gasteiger partial charge in [-0.25, -0.2) is 20.3 Å². The molecule has 1 aromatic heterocycles. The van der Waals surface area contributed by atoms with Crippen LogP contribution in [0.2, 0.25) is 0 Å². The van der Waals surface area contributed by atoms with Crippen molar-refractivity contribution >= 4 is 28.2 Å². The van der Waals surface area contributed by atoms with Crippen LogP contribution < -0.4 is 21.8 Å². The highest BCUT2D eigenvalue weighted by atomic mass is 32.2. The van der Waals surface area contributed by atoms with E-state index in [1.165, 1.54) is 29.7 Å². The average Bonchev–Trinajstić information content (AvgIpc) is 3.32. The molecule has 3 aromatic rings. The Labute approximate surface area is 197 Å². The van der Waals surface area contributed by atoms with E-state index in [-0.39, 0.29) is 24.4 Å². The highest BCUT2D eigenvalue weighted by Crippen LogP contribution is 2.29. The van der Waals surface area contributed by atoms with Crippen LogP contribution >= 0.6 is 11.3 Å². The summed E-state index contributed by atoms with van der Waals surface area (Å²) in [5, 5.41) is 19.6. The number of phenolic OH excluding ortho intramolecular Hbond substituents is 1. The first kappa shape index (κ1) is 24.4. The van der Waals surface area contributed by atoms with Gasteiger partial charge in [-0.05, 0) is 35.4 Å². The minimum absolute atomic E-state index is 0.0611. The molecule has 1 heterocycles. The van der Waals surface area contributed by atoms with Gasteiger partial charge in [0.25, 0.3) is 5.91 Å². The number of hydrazine groups is 1. The maximum absolute atomic E-state index is 12.6. The van der Waals surface area contributed by atoms with E-state index in [1.54, 1.807) is 23.7 Å². The van der Waals surface area contributed by atoms with Crippen molar-refractivity contribution < 1.29 is 19.3 Å². The molecule has 3 rings (SSSR count). The molecule has 0 aliphatic rings. The van der Waals surface area contributed by atoms with Gasteiger partial charge in [-0.3, -0.25) is 10.0 Å². The van der Waals surface area contributed by atoms with Crippen LogP contribution in [0.4, 0.5) is 0 Å². The Hall–Kier alpha value is -3.22. The van der Waals surface area contributed by atoms with Crippen LogP contribution in [-0.4, -0.2) is 38.0 Å². The number of rotatable bonds is 10. The van der Waals surface area contributed by atoms with Gasteiger partial charge in [0.1, 0.15) is 27.0 Å². The second-order valence-corrected chi connectivity index (χ2v) is 9.70. The van der Waals surface area contributed by atoms with Gasteiger partial charge in [0.05, 0.1) is 0 Å². The first-order valence-corrected chi connectivity index (χ1v) is 11.9. The van der Waals surface area contributed by atoms with Crippen LogP contribution in [0, 0.1) is 0 Å². The number of nitrogens with two attached hydrogens (primary N) is 2. The third-order valence-corrected chi connectivity index (χ3v) is 7.22. The summed E-state index contributed by atoms with van der Waals surface area (Å²) in [6.07, 6.45) is 1.50. The zero-order valence-corrected chi connectivity index (χ0v) is 19.2. The second kappa shape index (κ2) is 11.6. The third kappa shape index (κ3) is 6.88. The predicted octanol–water partition coefficient (Wildman–Crippen LogP) is 1.83. The number of hydrogen-bond acceptors (Lipinski definition) is 8. The monoisotopic (exact) mass is 487 g/mol. The smallest absolute Gasteiger partial charge is 0.267 e. The molecule has 11 heteroatoms. The van der Waals surface area contributed by atoms with E-state index in [0.717, 1.165) is 21.0 Å². The van der Waals surface area contributed by atoms with Crippen molar-refractivity contribution in [3.63, 3.8) is 0 Å². The lowest BCUT2D eigenvalue weighted by atomic mass is 10.0. The normalized spacial score (nSPS) is 13.3. The Morgan fingerprint density at radius 3 is 2.48 bits per heavy atom. The van der Waals surface area contributed by atoms with Crippen LogP contribution in [0.5, 0.6) is 5.75 Å². The third-order valence-electron chi connectivity index (χ3n) is 4.68. The molecule has 8 N–H and O–H groups in total. The van der Waals surface area contributed by atoms with E-state index in [1.807, 2.05) is 36.4 Å². The van der Waals surface area contributed by atoms with Crippen LogP contribution in [0.25, 0.3) is 10.4 Å². The number of carbonyl (C=O) groups excluding carboxylic acids is 1. The number of hydrogen-bond donors (Lipinski definition) is 6. The molecular formula is C22H25N5O4S2. The fraction of sp³-hybridized carbons (Fsp3) is 0.136. The second-order valence-electron chi connectivity index (χ2n) is 7.09. The summed E-state index contributed by atoms with van der Waals surface area (Å²) in [6, 6.07) is 18.8. The fourth-order valence-corrected chi connectivity index (χ4v) is 5.11. The molecular weight excluding hydrogens is 462 g/mol. The lowest BCUT2D eigenvalue weighted by molar-refractivity contribution is -0.134. The lowest BCUT2D eigenvalue weighted by Crippen LogP contribution is -2.49. The largest absolute Gasteiger partial charge is 0.508 e. The summed E-state index contributed by atoms with van der Waals surface area (Å²) in [6.45, 7) is 0.0611. The molecule has 0 spiro atoms. The van der Waals surface area contributed by atoms with Gasteiger partial charge in [0, 0.05) is 29.7 Å². The molecule has 0 aliphatic heterocycles. The zero-order chi connectivity index (χ0) is 23.8. The molecule has 0 radical (unpaired) electrons. The maximum atomic E-state index is 12.6. The van der Waals surface area contributed by atoms with Crippen LogP contribution in [0.15, 0.2) is 82.8 Å². The molecule has 0 bridgehead atoms. The summed E-state index contributed by atoms with van der Waals surface area (Å²) >= 11 is 1.42. The molecule has 1 amide bonds. The minimum Gasteiger partial charge on any atom is -0.508 e. The number of nitrogens with zero attached hydrogens (tertiary/aromatic N) is 1. The molecule has 0 saturated carbocycles. The van der Waals surface area contributed by atoms with Gasteiger partial charge in [0.2, 0.25) is 0 Å². The minimum atomic E-state index is -1.48. The summed E-state index contributed by atoms with van der Waals surface area (Å²) in [5.41, 5.74) is 9.61. The van der Waals surface area contributed by atoms with Gasteiger partial charge < -0.3 is 15.8 Å². The Balaban J connectivity index is 1.61. The number of benzene rings is 2. The van der Waals surface area contributed by atoms with Crippen molar-refractivity contribution in [3.8, 4) is 16.2 Å². The summed E-state index contributed by atoms with van der Waals surface area (Å²) in [4.78, 5) is 13.1. The molecule has 0 saturated heterocycles. The highest BCUT2D eigenvalue weighted by Gasteiger charge is 2.23. The Morgan fingerprint density at radius 2 is 1.82 bits per heavy atom. The van der Waals surface area contributed by atoms with Gasteiger partial charge in [0.15, 0.2) is 0 Å². The molecule has 0 aliphatic carbocycles. The van der Waals surface area contributed by atoms with E-state index in [0.29, 0.717) is 4.21 Å².